The van der Waals surface area contributed by atoms with Crippen LogP contribution < -0.4 is 14.3 Å². The molecule has 0 fully saturated rings. The Morgan fingerprint density at radius 2 is 1.80 bits per heavy atom. The first kappa shape index (κ1) is 23.1. The molecule has 10 heteroatoms. The lowest BCUT2D eigenvalue weighted by Crippen LogP contribution is -2.20. The van der Waals surface area contributed by atoms with Crippen molar-refractivity contribution in [3.63, 3.8) is 0 Å². The van der Waals surface area contributed by atoms with Gasteiger partial charge < -0.3 is 9.47 Å². The van der Waals surface area contributed by atoms with Gasteiger partial charge in [0.05, 0.1) is 29.8 Å². The zero-order valence-electron chi connectivity index (χ0n) is 17.6. The van der Waals surface area contributed by atoms with Crippen LogP contribution in [0.25, 0.3) is 0 Å². The molecular weight excluding hydrogens is 410 g/mol. The third kappa shape index (κ3) is 5.26. The normalized spacial score (nSPS) is 11.5. The number of benzene rings is 2. The maximum absolute atomic E-state index is 12.7. The highest BCUT2D eigenvalue weighted by atomic mass is 32.2. The molecule has 0 heterocycles. The molecule has 0 bridgehead atoms. The van der Waals surface area contributed by atoms with Gasteiger partial charge in [0.25, 0.3) is 10.0 Å². The lowest BCUT2D eigenvalue weighted by atomic mass is 10.1. The van der Waals surface area contributed by atoms with Gasteiger partial charge in [0.15, 0.2) is 5.75 Å². The molecule has 2 aromatic carbocycles. The highest BCUT2D eigenvalue weighted by Gasteiger charge is 2.22. The number of methoxy groups -OCH3 is 1. The van der Waals surface area contributed by atoms with Crippen molar-refractivity contribution in [2.75, 3.05) is 13.7 Å². The average molecular weight is 436 g/mol. The molecule has 0 radical (unpaired) electrons. The smallest absolute Gasteiger partial charge is 0.315 e. The molecule has 0 atom stereocenters. The Hall–Kier alpha value is -3.14. The summed E-state index contributed by atoms with van der Waals surface area (Å²) in [5, 5.41) is 15.2. The minimum Gasteiger partial charge on any atom is -0.493 e. The van der Waals surface area contributed by atoms with Crippen LogP contribution in [0.1, 0.15) is 35.6 Å². The summed E-state index contributed by atoms with van der Waals surface area (Å²) in [4.78, 5) is 13.2. The van der Waals surface area contributed by atoms with Crippen molar-refractivity contribution in [1.29, 1.82) is 0 Å². The van der Waals surface area contributed by atoms with Crippen LogP contribution in [0.2, 0.25) is 0 Å². The maximum Gasteiger partial charge on any atom is 0.315 e. The Balaban J connectivity index is 2.36. The zero-order valence-corrected chi connectivity index (χ0v) is 18.4. The summed E-state index contributed by atoms with van der Waals surface area (Å²) >= 11 is 0. The van der Waals surface area contributed by atoms with E-state index in [0.717, 1.165) is 5.56 Å². The van der Waals surface area contributed by atoms with E-state index in [2.05, 4.69) is 9.93 Å². The van der Waals surface area contributed by atoms with Gasteiger partial charge in [0, 0.05) is 11.6 Å². The van der Waals surface area contributed by atoms with E-state index in [9.17, 15) is 18.5 Å². The van der Waals surface area contributed by atoms with Crippen LogP contribution in [0.4, 0.5) is 5.69 Å². The lowest BCUT2D eigenvalue weighted by Gasteiger charge is -2.12. The van der Waals surface area contributed by atoms with Gasteiger partial charge in [-0.05, 0) is 44.4 Å². The fourth-order valence-electron chi connectivity index (χ4n) is 3.13. The van der Waals surface area contributed by atoms with Crippen LogP contribution in [0, 0.1) is 30.9 Å². The Morgan fingerprint density at radius 3 is 2.33 bits per heavy atom. The SMILES string of the molecule is CCCOc1c(OC)cc(/C=N/NS(=O)(=O)c2c(C)cc(C)cc2C)cc1[N+](=O)[O-]. The Morgan fingerprint density at radius 1 is 1.17 bits per heavy atom. The predicted molar refractivity (Wildman–Crippen MR) is 114 cm³/mol. The summed E-state index contributed by atoms with van der Waals surface area (Å²) in [5.41, 5.74) is 2.15. The number of sulfonamides is 1. The van der Waals surface area contributed by atoms with Crippen molar-refractivity contribution in [2.24, 2.45) is 5.10 Å². The van der Waals surface area contributed by atoms with Crippen molar-refractivity contribution < 1.29 is 22.8 Å². The maximum atomic E-state index is 12.7. The molecule has 2 rings (SSSR count). The standard InChI is InChI=1S/C20H25N3O6S/c1-6-7-29-19-17(23(24)25)10-16(11-18(19)28-5)12-21-22-30(26,27)20-14(3)8-13(2)9-15(20)4/h8-12,22H,6-7H2,1-5H3/b21-12+. The topological polar surface area (TPSA) is 120 Å². The van der Waals surface area contributed by atoms with E-state index in [1.807, 2.05) is 13.8 Å². The van der Waals surface area contributed by atoms with Crippen LogP contribution >= 0.6 is 0 Å². The molecular formula is C20H25N3O6S. The Kier molecular flexibility index (Phi) is 7.38. The second-order valence-electron chi connectivity index (χ2n) is 6.76. The summed E-state index contributed by atoms with van der Waals surface area (Å²) in [5.74, 6) is 0.181. The number of nitro benzene ring substituents is 1. The summed E-state index contributed by atoms with van der Waals surface area (Å²) in [6, 6.07) is 6.27. The molecule has 162 valence electrons. The molecule has 2 aromatic rings. The van der Waals surface area contributed by atoms with Crippen molar-refractivity contribution in [3.8, 4) is 11.5 Å². The van der Waals surface area contributed by atoms with E-state index >= 15 is 0 Å². The van der Waals surface area contributed by atoms with E-state index in [1.54, 1.807) is 26.0 Å². The summed E-state index contributed by atoms with van der Waals surface area (Å²) < 4.78 is 36.0. The van der Waals surface area contributed by atoms with E-state index in [0.29, 0.717) is 24.2 Å². The fourth-order valence-corrected chi connectivity index (χ4v) is 4.37. The first-order valence-corrected chi connectivity index (χ1v) is 10.7. The van der Waals surface area contributed by atoms with Crippen molar-refractivity contribution in [2.45, 2.75) is 39.0 Å². The molecule has 0 aromatic heterocycles. The van der Waals surface area contributed by atoms with Crippen molar-refractivity contribution >= 4 is 21.9 Å². The van der Waals surface area contributed by atoms with Crippen LogP contribution in [0.3, 0.4) is 0 Å². The number of aryl methyl sites for hydroxylation is 3. The van der Waals surface area contributed by atoms with Crippen LogP contribution in [0.15, 0.2) is 34.3 Å². The van der Waals surface area contributed by atoms with Gasteiger partial charge in [-0.15, -0.1) is 0 Å². The van der Waals surface area contributed by atoms with E-state index in [1.165, 1.54) is 25.5 Å². The largest absolute Gasteiger partial charge is 0.493 e. The highest BCUT2D eigenvalue weighted by molar-refractivity contribution is 7.89. The van der Waals surface area contributed by atoms with Gasteiger partial charge in [0.2, 0.25) is 5.75 Å². The van der Waals surface area contributed by atoms with Crippen LogP contribution in [0.5, 0.6) is 11.5 Å². The van der Waals surface area contributed by atoms with Gasteiger partial charge in [-0.1, -0.05) is 24.6 Å². The quantitative estimate of drug-likeness (QED) is 0.365. The van der Waals surface area contributed by atoms with Gasteiger partial charge >= 0.3 is 5.69 Å². The molecule has 30 heavy (non-hydrogen) atoms. The summed E-state index contributed by atoms with van der Waals surface area (Å²) in [6.07, 6.45) is 1.85. The number of nitro groups is 1. The zero-order chi connectivity index (χ0) is 22.5. The number of nitrogens with one attached hydrogen (secondary N) is 1. The number of hydrazone groups is 1. The molecule has 0 aliphatic heterocycles. The number of ether oxygens (including phenoxy) is 2. The number of hydrogen-bond acceptors (Lipinski definition) is 7. The first-order chi connectivity index (χ1) is 14.1. The third-order valence-electron chi connectivity index (χ3n) is 4.18. The number of nitrogens with zero attached hydrogens (tertiary/aromatic N) is 2. The number of rotatable bonds is 9. The fraction of sp³-hybridized carbons (Fsp3) is 0.350. The second-order valence-corrected chi connectivity index (χ2v) is 8.36. The van der Waals surface area contributed by atoms with Gasteiger partial charge in [-0.25, -0.2) is 4.83 Å². The average Bonchev–Trinajstić information content (AvgIpc) is 2.64. The summed E-state index contributed by atoms with van der Waals surface area (Å²) in [6.45, 7) is 7.47. The highest BCUT2D eigenvalue weighted by Crippen LogP contribution is 2.38. The molecule has 0 unspecified atom stereocenters. The Labute approximate surface area is 175 Å². The van der Waals surface area contributed by atoms with E-state index in [-0.39, 0.29) is 27.6 Å². The monoisotopic (exact) mass is 435 g/mol. The molecule has 0 aliphatic carbocycles. The molecule has 0 saturated carbocycles. The van der Waals surface area contributed by atoms with Crippen LogP contribution in [-0.2, 0) is 10.0 Å². The van der Waals surface area contributed by atoms with Gasteiger partial charge in [0.1, 0.15) is 0 Å². The molecule has 0 amide bonds. The lowest BCUT2D eigenvalue weighted by molar-refractivity contribution is -0.386. The van der Waals surface area contributed by atoms with Gasteiger partial charge in [-0.3, -0.25) is 10.1 Å². The van der Waals surface area contributed by atoms with Crippen LogP contribution in [-0.4, -0.2) is 33.3 Å². The summed E-state index contributed by atoms with van der Waals surface area (Å²) in [7, 11) is -2.54. The number of hydrogen-bond donors (Lipinski definition) is 1. The Bertz CT molecular complexity index is 1060. The third-order valence-corrected chi connectivity index (χ3v) is 5.71. The minimum absolute atomic E-state index is 0.0213. The van der Waals surface area contributed by atoms with Crippen molar-refractivity contribution in [3.05, 3.63) is 56.6 Å². The molecule has 0 aliphatic rings. The first-order valence-electron chi connectivity index (χ1n) is 9.22. The second kappa shape index (κ2) is 9.57. The predicted octanol–water partition coefficient (Wildman–Crippen LogP) is 3.63. The van der Waals surface area contributed by atoms with E-state index in [4.69, 9.17) is 9.47 Å². The van der Waals surface area contributed by atoms with Crippen molar-refractivity contribution in [1.82, 2.24) is 4.83 Å². The molecule has 0 spiro atoms. The molecule has 0 saturated heterocycles. The van der Waals surface area contributed by atoms with Gasteiger partial charge in [-0.2, -0.15) is 13.5 Å². The molecule has 9 nitrogen and oxygen atoms in total. The van der Waals surface area contributed by atoms with E-state index < -0.39 is 14.9 Å². The minimum atomic E-state index is -3.91. The molecule has 1 N–H and O–H groups in total.